The van der Waals surface area contributed by atoms with Crippen LogP contribution in [0.2, 0.25) is 18.6 Å². The number of carbonyl (C=O) groups excluding carboxylic acids is 1. The summed E-state index contributed by atoms with van der Waals surface area (Å²) in [5, 5.41) is 0. The van der Waals surface area contributed by atoms with E-state index in [0.29, 0.717) is 0 Å². The van der Waals surface area contributed by atoms with Crippen molar-refractivity contribution in [2.75, 3.05) is 6.17 Å². The van der Waals surface area contributed by atoms with Gasteiger partial charge in [-0.2, -0.15) is 0 Å². The minimum Gasteiger partial charge on any atom is -0.211 e. The van der Waals surface area contributed by atoms with Gasteiger partial charge in [0, 0.05) is 6.17 Å². The Bertz CT molecular complexity index is 169. The van der Waals surface area contributed by atoms with Gasteiger partial charge in [-0.05, 0) is 0 Å². The summed E-state index contributed by atoms with van der Waals surface area (Å²) in [6.45, 7) is 2.35. The van der Waals surface area contributed by atoms with Gasteiger partial charge in [-0.3, -0.25) is 0 Å². The van der Waals surface area contributed by atoms with Crippen LogP contribution in [0.15, 0.2) is 4.99 Å². The molecule has 0 aliphatic carbocycles. The molecule has 0 saturated carbocycles. The predicted molar refractivity (Wildman–Crippen MR) is 48.1 cm³/mol. The second kappa shape index (κ2) is 3.84. The van der Waals surface area contributed by atoms with E-state index in [9.17, 15) is 4.79 Å². The van der Waals surface area contributed by atoms with Crippen LogP contribution in [0.5, 0.6) is 0 Å². The number of isocyanates is 1. The largest absolute Gasteiger partial charge is 0.234 e. The molecule has 1 fully saturated rings. The lowest BCUT2D eigenvalue weighted by Crippen LogP contribution is -2.36. The molecule has 1 heterocycles. The smallest absolute Gasteiger partial charge is 0.211 e. The molecule has 1 rings (SSSR count). The van der Waals surface area contributed by atoms with Crippen molar-refractivity contribution < 1.29 is 4.79 Å². The van der Waals surface area contributed by atoms with Crippen molar-refractivity contribution in [3.05, 3.63) is 0 Å². The topological polar surface area (TPSA) is 29.4 Å². The van der Waals surface area contributed by atoms with Crippen molar-refractivity contribution in [3.63, 3.8) is 0 Å². The van der Waals surface area contributed by atoms with Crippen LogP contribution < -0.4 is 0 Å². The van der Waals surface area contributed by atoms with Crippen molar-refractivity contribution in [1.29, 1.82) is 0 Å². The Balaban J connectivity index is 2.42. The van der Waals surface area contributed by atoms with Crippen molar-refractivity contribution in [3.8, 4) is 0 Å². The van der Waals surface area contributed by atoms with Crippen LogP contribution in [0.1, 0.15) is 19.3 Å². The van der Waals surface area contributed by atoms with Gasteiger partial charge in [0.2, 0.25) is 6.08 Å². The number of rotatable bonds is 2. The molecule has 0 aromatic heterocycles. The van der Waals surface area contributed by atoms with E-state index in [0.717, 1.165) is 6.17 Å². The zero-order chi connectivity index (χ0) is 8.16. The Morgan fingerprint density at radius 1 is 1.36 bits per heavy atom. The third-order valence-electron chi connectivity index (χ3n) is 2.59. The standard InChI is InChI=1S/C8H15NOSi/c1-11(8-9-7-10)5-3-2-4-6-11/h2-6,8H2,1H3. The summed E-state index contributed by atoms with van der Waals surface area (Å²) in [5.41, 5.74) is 0. The van der Waals surface area contributed by atoms with Crippen LogP contribution in [0.25, 0.3) is 0 Å². The fourth-order valence-corrected chi connectivity index (χ4v) is 5.01. The van der Waals surface area contributed by atoms with Gasteiger partial charge in [0.25, 0.3) is 0 Å². The average molecular weight is 169 g/mol. The van der Waals surface area contributed by atoms with Crippen molar-refractivity contribution >= 4 is 14.2 Å². The van der Waals surface area contributed by atoms with E-state index in [1.165, 1.54) is 31.4 Å². The van der Waals surface area contributed by atoms with Gasteiger partial charge in [-0.1, -0.05) is 37.9 Å². The Hall–Kier alpha value is -0.403. The van der Waals surface area contributed by atoms with Gasteiger partial charge in [-0.25, -0.2) is 9.79 Å². The Morgan fingerprint density at radius 2 is 2.00 bits per heavy atom. The van der Waals surface area contributed by atoms with Crippen molar-refractivity contribution in [2.24, 2.45) is 4.99 Å². The highest BCUT2D eigenvalue weighted by Crippen LogP contribution is 2.28. The van der Waals surface area contributed by atoms with Crippen molar-refractivity contribution in [2.45, 2.75) is 37.9 Å². The summed E-state index contributed by atoms with van der Waals surface area (Å²) < 4.78 is 0. The Morgan fingerprint density at radius 3 is 2.55 bits per heavy atom. The van der Waals surface area contributed by atoms with Gasteiger partial charge in [0.1, 0.15) is 0 Å². The molecule has 0 aromatic rings. The maximum Gasteiger partial charge on any atom is 0.234 e. The van der Waals surface area contributed by atoms with Crippen LogP contribution in [0.3, 0.4) is 0 Å². The van der Waals surface area contributed by atoms with E-state index >= 15 is 0 Å². The lowest BCUT2D eigenvalue weighted by Gasteiger charge is -2.28. The maximum atomic E-state index is 9.92. The number of aliphatic imine (C=N–C) groups is 1. The van der Waals surface area contributed by atoms with Gasteiger partial charge in [0.05, 0.1) is 8.07 Å². The molecule has 0 spiro atoms. The van der Waals surface area contributed by atoms with Crippen LogP contribution in [-0.2, 0) is 4.79 Å². The molecule has 11 heavy (non-hydrogen) atoms. The molecule has 62 valence electrons. The Labute approximate surface area is 68.7 Å². The van der Waals surface area contributed by atoms with Gasteiger partial charge in [-0.15, -0.1) is 0 Å². The van der Waals surface area contributed by atoms with Crippen LogP contribution >= 0.6 is 0 Å². The zero-order valence-corrected chi connectivity index (χ0v) is 8.10. The highest BCUT2D eigenvalue weighted by molar-refractivity contribution is 6.79. The van der Waals surface area contributed by atoms with Gasteiger partial charge >= 0.3 is 0 Å². The maximum absolute atomic E-state index is 9.92. The molecule has 3 heteroatoms. The summed E-state index contributed by atoms with van der Waals surface area (Å²) in [5.74, 6) is 0. The summed E-state index contributed by atoms with van der Waals surface area (Å²) in [6.07, 6.45) is 6.56. The van der Waals surface area contributed by atoms with E-state index in [4.69, 9.17) is 0 Å². The fourth-order valence-electron chi connectivity index (χ4n) is 1.79. The predicted octanol–water partition coefficient (Wildman–Crippen LogP) is 2.12. The van der Waals surface area contributed by atoms with Crippen LogP contribution in [0.4, 0.5) is 0 Å². The summed E-state index contributed by atoms with van der Waals surface area (Å²) in [4.78, 5) is 13.6. The highest BCUT2D eigenvalue weighted by atomic mass is 28.3. The zero-order valence-electron chi connectivity index (χ0n) is 7.10. The number of hydrogen-bond acceptors (Lipinski definition) is 2. The lowest BCUT2D eigenvalue weighted by molar-refractivity contribution is 0.564. The van der Waals surface area contributed by atoms with E-state index in [1.54, 1.807) is 6.08 Å². The van der Waals surface area contributed by atoms with Gasteiger partial charge < -0.3 is 0 Å². The molecule has 0 atom stereocenters. The minimum atomic E-state index is -1.09. The molecule has 0 aromatic carbocycles. The molecule has 0 N–H and O–H groups in total. The summed E-state index contributed by atoms with van der Waals surface area (Å²) in [7, 11) is -1.09. The third-order valence-corrected chi connectivity index (χ3v) is 6.63. The molecule has 0 amide bonds. The molecule has 0 unspecified atom stereocenters. The van der Waals surface area contributed by atoms with Gasteiger partial charge in [0.15, 0.2) is 0 Å². The number of hydrogen-bond donors (Lipinski definition) is 0. The first-order valence-electron chi connectivity index (χ1n) is 4.30. The molecule has 1 aliphatic rings. The van der Waals surface area contributed by atoms with E-state index in [1.807, 2.05) is 0 Å². The lowest BCUT2D eigenvalue weighted by atomic mass is 10.3. The molecule has 0 bridgehead atoms. The van der Waals surface area contributed by atoms with E-state index in [-0.39, 0.29) is 0 Å². The normalized spacial score (nSPS) is 22.3. The fraction of sp³-hybridized carbons (Fsp3) is 0.875. The van der Waals surface area contributed by atoms with E-state index in [2.05, 4.69) is 11.5 Å². The first-order valence-corrected chi connectivity index (χ1v) is 7.43. The number of nitrogens with zero attached hydrogens (tertiary/aromatic N) is 1. The molecular weight excluding hydrogens is 154 g/mol. The SMILES string of the molecule is C[Si]1(CN=C=O)CCCCC1. The monoisotopic (exact) mass is 169 g/mol. The molecular formula is C8H15NOSi. The molecule has 1 saturated heterocycles. The quantitative estimate of drug-likeness (QED) is 0.354. The van der Waals surface area contributed by atoms with E-state index < -0.39 is 8.07 Å². The summed E-state index contributed by atoms with van der Waals surface area (Å²) >= 11 is 0. The summed E-state index contributed by atoms with van der Waals surface area (Å²) in [6, 6.07) is 2.72. The van der Waals surface area contributed by atoms with Crippen LogP contribution in [-0.4, -0.2) is 20.3 Å². The second-order valence-corrected chi connectivity index (χ2v) is 8.72. The molecule has 0 radical (unpaired) electrons. The highest BCUT2D eigenvalue weighted by Gasteiger charge is 2.28. The second-order valence-electron chi connectivity index (χ2n) is 3.78. The van der Waals surface area contributed by atoms with Crippen molar-refractivity contribution in [1.82, 2.24) is 0 Å². The molecule has 1 aliphatic heterocycles. The van der Waals surface area contributed by atoms with Crippen LogP contribution in [0, 0.1) is 0 Å². The minimum absolute atomic E-state index is 0.816. The average Bonchev–Trinajstić information content (AvgIpc) is 2.03. The molecule has 2 nitrogen and oxygen atoms in total. The first kappa shape index (κ1) is 8.69. The Kier molecular flexibility index (Phi) is 3.03. The first-order chi connectivity index (χ1) is 5.27. The third kappa shape index (κ3) is 2.60.